The summed E-state index contributed by atoms with van der Waals surface area (Å²) in [5, 5.41) is 20.0. The predicted molar refractivity (Wildman–Crippen MR) is 134 cm³/mol. The molecule has 1 aromatic heterocycles. The molecular formula is C23H47N5O4S. The number of carbonyl (C=O) groups is 1. The van der Waals surface area contributed by atoms with Crippen molar-refractivity contribution in [2.75, 3.05) is 37.7 Å². The molecule has 2 rings (SSSR count). The quantitative estimate of drug-likeness (QED) is 0.547. The lowest BCUT2D eigenvalue weighted by Crippen LogP contribution is -2.39. The highest BCUT2D eigenvalue weighted by Crippen LogP contribution is 2.18. The van der Waals surface area contributed by atoms with Crippen LogP contribution < -0.4 is 5.32 Å². The van der Waals surface area contributed by atoms with E-state index < -0.39 is 9.84 Å². The van der Waals surface area contributed by atoms with Gasteiger partial charge in [-0.2, -0.15) is 0 Å². The summed E-state index contributed by atoms with van der Waals surface area (Å²) >= 11 is 0. The van der Waals surface area contributed by atoms with Gasteiger partial charge in [-0.3, -0.25) is 9.69 Å². The lowest BCUT2D eigenvalue weighted by atomic mass is 10.0. The van der Waals surface area contributed by atoms with E-state index in [0.29, 0.717) is 32.0 Å². The van der Waals surface area contributed by atoms with Gasteiger partial charge in [-0.25, -0.2) is 13.1 Å². The molecule has 0 saturated carbocycles. The Labute approximate surface area is 201 Å². The summed E-state index contributed by atoms with van der Waals surface area (Å²) in [7, 11) is -2.84. The van der Waals surface area contributed by atoms with Crippen LogP contribution in [0.2, 0.25) is 0 Å². The second kappa shape index (κ2) is 16.2. The Morgan fingerprint density at radius 2 is 1.79 bits per heavy atom. The van der Waals surface area contributed by atoms with Crippen molar-refractivity contribution in [2.45, 2.75) is 86.2 Å². The van der Waals surface area contributed by atoms with E-state index in [0.717, 1.165) is 18.7 Å². The van der Waals surface area contributed by atoms with Gasteiger partial charge in [0.05, 0.1) is 28.9 Å². The number of unbranched alkanes of at least 4 members (excludes halogenated alkanes) is 1. The van der Waals surface area contributed by atoms with Crippen molar-refractivity contribution in [3.05, 3.63) is 11.9 Å². The molecular weight excluding hydrogens is 442 g/mol. The van der Waals surface area contributed by atoms with Crippen molar-refractivity contribution in [2.24, 2.45) is 5.92 Å². The van der Waals surface area contributed by atoms with Gasteiger partial charge >= 0.3 is 0 Å². The van der Waals surface area contributed by atoms with Gasteiger partial charge in [0.15, 0.2) is 9.84 Å². The molecule has 10 heteroatoms. The van der Waals surface area contributed by atoms with E-state index in [1.54, 1.807) is 11.6 Å². The Morgan fingerprint density at radius 1 is 1.21 bits per heavy atom. The third-order valence-electron chi connectivity index (χ3n) is 5.30. The average Bonchev–Trinajstić information content (AvgIpc) is 3.19. The number of sulfone groups is 1. The Balaban J connectivity index is 0.000000657. The van der Waals surface area contributed by atoms with Gasteiger partial charge in [0.25, 0.3) is 0 Å². The van der Waals surface area contributed by atoms with Crippen LogP contribution in [0.1, 0.15) is 79.8 Å². The fourth-order valence-electron chi connectivity index (χ4n) is 2.73. The summed E-state index contributed by atoms with van der Waals surface area (Å²) in [5.41, 5.74) is 0.556. The molecule has 1 aliphatic heterocycles. The topological polar surface area (TPSA) is 117 Å². The molecule has 1 aliphatic rings. The smallest absolute Gasteiger partial charge is 0.216 e. The third kappa shape index (κ3) is 15.1. The SMILES string of the molecule is CC(=O)NCCC(C)C.CC(C)(CCO)n1cc(CN2CCS(=O)(=O)CC2)nn1.CCCC. The second-order valence-electron chi connectivity index (χ2n) is 9.53. The first kappa shape index (κ1) is 31.5. The Morgan fingerprint density at radius 3 is 2.24 bits per heavy atom. The Kier molecular flexibility index (Phi) is 15.4. The summed E-state index contributed by atoms with van der Waals surface area (Å²) in [6, 6.07) is 0. The Bertz CT molecular complexity index is 747. The highest BCUT2D eigenvalue weighted by molar-refractivity contribution is 7.91. The number of hydrogen-bond donors (Lipinski definition) is 2. The summed E-state index contributed by atoms with van der Waals surface area (Å²) < 4.78 is 24.5. The minimum absolute atomic E-state index is 0.0654. The first-order valence-corrected chi connectivity index (χ1v) is 13.9. The number of aliphatic hydroxyl groups is 1. The minimum Gasteiger partial charge on any atom is -0.396 e. The van der Waals surface area contributed by atoms with E-state index in [1.165, 1.54) is 12.8 Å². The predicted octanol–water partition coefficient (Wildman–Crippen LogP) is 2.60. The normalized spacial score (nSPS) is 15.8. The third-order valence-corrected chi connectivity index (χ3v) is 6.91. The van der Waals surface area contributed by atoms with Gasteiger partial charge in [0.2, 0.25) is 5.91 Å². The molecule has 1 fully saturated rings. The second-order valence-corrected chi connectivity index (χ2v) is 11.8. The molecule has 0 aliphatic carbocycles. The number of aliphatic hydroxyl groups excluding tert-OH is 1. The fourth-order valence-corrected chi connectivity index (χ4v) is 4.01. The van der Waals surface area contributed by atoms with E-state index >= 15 is 0 Å². The number of aromatic nitrogens is 3. The van der Waals surface area contributed by atoms with Crippen LogP contribution in [0, 0.1) is 5.92 Å². The van der Waals surface area contributed by atoms with E-state index in [9.17, 15) is 13.2 Å². The average molecular weight is 490 g/mol. The molecule has 33 heavy (non-hydrogen) atoms. The number of nitrogens with one attached hydrogen (secondary N) is 1. The molecule has 1 aromatic rings. The maximum Gasteiger partial charge on any atom is 0.216 e. The molecule has 0 unspecified atom stereocenters. The molecule has 0 radical (unpaired) electrons. The first-order valence-electron chi connectivity index (χ1n) is 12.1. The molecule has 194 valence electrons. The molecule has 1 amide bonds. The van der Waals surface area contributed by atoms with Gasteiger partial charge in [0.1, 0.15) is 0 Å². The number of rotatable bonds is 9. The zero-order valence-corrected chi connectivity index (χ0v) is 22.6. The summed E-state index contributed by atoms with van der Waals surface area (Å²) in [6.45, 7) is 16.8. The number of amides is 1. The molecule has 2 N–H and O–H groups in total. The molecule has 0 spiro atoms. The van der Waals surface area contributed by atoms with Crippen LogP contribution in [0.25, 0.3) is 0 Å². The summed E-state index contributed by atoms with van der Waals surface area (Å²) in [5.74, 6) is 1.18. The fraction of sp³-hybridized carbons (Fsp3) is 0.870. The zero-order chi connectivity index (χ0) is 25.5. The molecule has 2 heterocycles. The van der Waals surface area contributed by atoms with Gasteiger partial charge in [-0.05, 0) is 32.6 Å². The van der Waals surface area contributed by atoms with Crippen LogP contribution in [0.15, 0.2) is 6.20 Å². The van der Waals surface area contributed by atoms with E-state index in [4.69, 9.17) is 5.11 Å². The standard InChI is InChI=1S/C12H22N4O3S.C7H15NO.C4H10/c1-12(2,3-6-17)16-10-11(13-14-16)9-15-4-7-20(18,19)8-5-15;1-6(2)4-5-8-7(3)9;1-3-4-2/h10,17H,3-9H2,1-2H3;6H,4-5H2,1-3H3,(H,8,9);3-4H2,1-2H3. The van der Waals surface area contributed by atoms with Crippen molar-refractivity contribution in [1.29, 1.82) is 0 Å². The van der Waals surface area contributed by atoms with Gasteiger partial charge < -0.3 is 10.4 Å². The molecule has 9 nitrogen and oxygen atoms in total. The molecule has 1 saturated heterocycles. The highest BCUT2D eigenvalue weighted by atomic mass is 32.2. The largest absolute Gasteiger partial charge is 0.396 e. The van der Waals surface area contributed by atoms with Gasteiger partial charge in [-0.15, -0.1) is 5.10 Å². The molecule has 0 aromatic carbocycles. The van der Waals surface area contributed by atoms with Gasteiger partial charge in [-0.1, -0.05) is 45.7 Å². The van der Waals surface area contributed by atoms with Crippen LogP contribution in [-0.2, 0) is 26.7 Å². The minimum atomic E-state index is -2.84. The van der Waals surface area contributed by atoms with Crippen LogP contribution in [0.3, 0.4) is 0 Å². The van der Waals surface area contributed by atoms with Crippen LogP contribution >= 0.6 is 0 Å². The number of hydrogen-bond acceptors (Lipinski definition) is 7. The lowest BCUT2D eigenvalue weighted by Gasteiger charge is -2.25. The maximum absolute atomic E-state index is 11.4. The van der Waals surface area contributed by atoms with Crippen LogP contribution in [0.4, 0.5) is 0 Å². The maximum atomic E-state index is 11.4. The number of nitrogens with zero attached hydrogens (tertiary/aromatic N) is 4. The van der Waals surface area contributed by atoms with Crippen molar-refractivity contribution in [3.63, 3.8) is 0 Å². The molecule has 0 bridgehead atoms. The van der Waals surface area contributed by atoms with Crippen LogP contribution in [-0.4, -0.2) is 77.1 Å². The van der Waals surface area contributed by atoms with Crippen molar-refractivity contribution >= 4 is 15.7 Å². The van der Waals surface area contributed by atoms with E-state index in [1.807, 2.05) is 20.0 Å². The monoisotopic (exact) mass is 489 g/mol. The van der Waals surface area contributed by atoms with Crippen molar-refractivity contribution < 1.29 is 18.3 Å². The van der Waals surface area contributed by atoms with Gasteiger partial charge in [0, 0.05) is 39.7 Å². The van der Waals surface area contributed by atoms with E-state index in [2.05, 4.69) is 48.2 Å². The Hall–Kier alpha value is -1.52. The first-order chi connectivity index (χ1) is 15.4. The summed E-state index contributed by atoms with van der Waals surface area (Å²) in [4.78, 5) is 12.4. The molecule has 0 atom stereocenters. The zero-order valence-electron chi connectivity index (χ0n) is 21.8. The van der Waals surface area contributed by atoms with E-state index in [-0.39, 0.29) is 29.6 Å². The lowest BCUT2D eigenvalue weighted by molar-refractivity contribution is -0.118. The summed E-state index contributed by atoms with van der Waals surface area (Å²) in [6.07, 6.45) is 6.19. The van der Waals surface area contributed by atoms with Crippen LogP contribution in [0.5, 0.6) is 0 Å². The highest BCUT2D eigenvalue weighted by Gasteiger charge is 2.24. The van der Waals surface area contributed by atoms with Crippen molar-refractivity contribution in [1.82, 2.24) is 25.2 Å². The van der Waals surface area contributed by atoms with Crippen molar-refractivity contribution in [3.8, 4) is 0 Å². The number of carbonyl (C=O) groups excluding carboxylic acids is 1.